The van der Waals surface area contributed by atoms with Crippen molar-refractivity contribution >= 4 is 16.8 Å². The number of carbonyl (C=O) groups excluding carboxylic acids is 1. The Labute approximate surface area is 169 Å². The number of hydrogen-bond donors (Lipinski definition) is 0. The van der Waals surface area contributed by atoms with Crippen LogP contribution >= 0.6 is 0 Å². The van der Waals surface area contributed by atoms with Crippen molar-refractivity contribution in [2.24, 2.45) is 0 Å². The van der Waals surface area contributed by atoms with Crippen LogP contribution in [0, 0.1) is 6.92 Å². The molecule has 1 aromatic carbocycles. The maximum Gasteiger partial charge on any atom is 0.254 e. The highest BCUT2D eigenvalue weighted by Gasteiger charge is 2.18. The summed E-state index contributed by atoms with van der Waals surface area (Å²) < 4.78 is 0. The van der Waals surface area contributed by atoms with Crippen molar-refractivity contribution < 1.29 is 4.79 Å². The van der Waals surface area contributed by atoms with Gasteiger partial charge in [-0.2, -0.15) is 0 Å². The molecule has 6 heteroatoms. The average molecular weight is 383 g/mol. The topological polar surface area (TPSA) is 71.9 Å². The van der Waals surface area contributed by atoms with Gasteiger partial charge in [-0.15, -0.1) is 0 Å². The summed E-state index contributed by atoms with van der Waals surface area (Å²) in [5.41, 5.74) is 4.82. The second-order valence-electron chi connectivity index (χ2n) is 6.88. The molecule has 0 spiro atoms. The SMILES string of the molecule is CCN(C)C(=O)c1cc(-c2cnc(-c3ccncc3)nc2)nc2c(C)cccc12. The van der Waals surface area contributed by atoms with E-state index in [0.717, 1.165) is 27.6 Å². The summed E-state index contributed by atoms with van der Waals surface area (Å²) in [4.78, 5) is 32.5. The predicted molar refractivity (Wildman–Crippen MR) is 113 cm³/mol. The molecular formula is C23H21N5O. The van der Waals surface area contributed by atoms with Crippen LogP contribution in [0.1, 0.15) is 22.8 Å². The summed E-state index contributed by atoms with van der Waals surface area (Å²) in [6.45, 7) is 4.59. The first-order chi connectivity index (χ1) is 14.1. The molecule has 144 valence electrons. The van der Waals surface area contributed by atoms with Crippen molar-refractivity contribution in [1.29, 1.82) is 0 Å². The molecule has 0 unspecified atom stereocenters. The summed E-state index contributed by atoms with van der Waals surface area (Å²) in [6, 6.07) is 11.5. The number of nitrogens with zero attached hydrogens (tertiary/aromatic N) is 5. The Kier molecular flexibility index (Phi) is 4.99. The molecule has 4 rings (SSSR count). The highest BCUT2D eigenvalue weighted by molar-refractivity contribution is 6.07. The molecule has 1 amide bonds. The van der Waals surface area contributed by atoms with Gasteiger partial charge in [-0.05, 0) is 37.6 Å². The van der Waals surface area contributed by atoms with Crippen molar-refractivity contribution in [2.45, 2.75) is 13.8 Å². The lowest BCUT2D eigenvalue weighted by Gasteiger charge is -2.17. The minimum absolute atomic E-state index is 0.0268. The van der Waals surface area contributed by atoms with E-state index in [1.165, 1.54) is 0 Å². The largest absolute Gasteiger partial charge is 0.342 e. The molecule has 0 aliphatic rings. The zero-order chi connectivity index (χ0) is 20.4. The van der Waals surface area contributed by atoms with E-state index in [2.05, 4.69) is 15.0 Å². The number of para-hydroxylation sites is 1. The fourth-order valence-corrected chi connectivity index (χ4v) is 3.18. The van der Waals surface area contributed by atoms with Gasteiger partial charge in [0, 0.05) is 54.9 Å². The third-order valence-electron chi connectivity index (χ3n) is 4.98. The normalized spacial score (nSPS) is 10.9. The Morgan fingerprint density at radius 1 is 1.03 bits per heavy atom. The van der Waals surface area contributed by atoms with Gasteiger partial charge in [0.1, 0.15) is 0 Å². The van der Waals surface area contributed by atoms with Crippen LogP contribution in [0.15, 0.2) is 61.2 Å². The molecule has 29 heavy (non-hydrogen) atoms. The molecule has 0 fully saturated rings. The van der Waals surface area contributed by atoms with Crippen molar-refractivity contribution in [3.8, 4) is 22.6 Å². The third-order valence-corrected chi connectivity index (χ3v) is 4.98. The number of fused-ring (bicyclic) bond motifs is 1. The highest BCUT2D eigenvalue weighted by Crippen LogP contribution is 2.27. The van der Waals surface area contributed by atoms with E-state index in [0.29, 0.717) is 23.6 Å². The van der Waals surface area contributed by atoms with Gasteiger partial charge in [-0.25, -0.2) is 15.0 Å². The number of rotatable bonds is 4. The Balaban J connectivity index is 1.84. The fraction of sp³-hybridized carbons (Fsp3) is 0.174. The minimum atomic E-state index is -0.0268. The molecular weight excluding hydrogens is 362 g/mol. The van der Waals surface area contributed by atoms with E-state index in [4.69, 9.17) is 4.98 Å². The molecule has 3 aromatic heterocycles. The van der Waals surface area contributed by atoms with Crippen LogP contribution in [0.5, 0.6) is 0 Å². The zero-order valence-electron chi connectivity index (χ0n) is 16.6. The molecule has 0 atom stereocenters. The second kappa shape index (κ2) is 7.75. The Morgan fingerprint density at radius 2 is 1.76 bits per heavy atom. The Hall–Kier alpha value is -3.67. The van der Waals surface area contributed by atoms with Crippen molar-refractivity contribution in [2.75, 3.05) is 13.6 Å². The smallest absolute Gasteiger partial charge is 0.254 e. The van der Waals surface area contributed by atoms with E-state index in [-0.39, 0.29) is 5.91 Å². The van der Waals surface area contributed by atoms with Crippen LogP contribution in [0.4, 0.5) is 0 Å². The standard InChI is InChI=1S/C23H21N5O/c1-4-28(3)23(29)19-12-20(27-21-15(2)6-5-7-18(19)21)17-13-25-22(26-14-17)16-8-10-24-11-9-16/h5-14H,4H2,1-3H3. The van der Waals surface area contributed by atoms with Crippen molar-refractivity contribution in [1.82, 2.24) is 24.8 Å². The van der Waals surface area contributed by atoms with E-state index < -0.39 is 0 Å². The summed E-state index contributed by atoms with van der Waals surface area (Å²) in [5, 5.41) is 0.855. The summed E-state index contributed by atoms with van der Waals surface area (Å²) in [7, 11) is 1.80. The summed E-state index contributed by atoms with van der Waals surface area (Å²) in [6.07, 6.45) is 6.91. The molecule has 0 saturated heterocycles. The maximum atomic E-state index is 13.0. The number of benzene rings is 1. The predicted octanol–water partition coefficient (Wildman–Crippen LogP) is 4.15. The average Bonchev–Trinajstić information content (AvgIpc) is 2.78. The van der Waals surface area contributed by atoms with Crippen LogP contribution in [0.25, 0.3) is 33.5 Å². The van der Waals surface area contributed by atoms with Crippen molar-refractivity contribution in [3.63, 3.8) is 0 Å². The van der Waals surface area contributed by atoms with Crippen LogP contribution < -0.4 is 0 Å². The van der Waals surface area contributed by atoms with E-state index in [1.54, 1.807) is 36.7 Å². The molecule has 6 nitrogen and oxygen atoms in total. The molecule has 4 aromatic rings. The lowest BCUT2D eigenvalue weighted by atomic mass is 10.0. The Morgan fingerprint density at radius 3 is 2.45 bits per heavy atom. The maximum absolute atomic E-state index is 13.0. The monoisotopic (exact) mass is 383 g/mol. The van der Waals surface area contributed by atoms with Crippen LogP contribution in [0.2, 0.25) is 0 Å². The van der Waals surface area contributed by atoms with Gasteiger partial charge < -0.3 is 4.90 Å². The quantitative estimate of drug-likeness (QED) is 0.529. The van der Waals surface area contributed by atoms with Gasteiger partial charge in [0.15, 0.2) is 5.82 Å². The summed E-state index contributed by atoms with van der Waals surface area (Å²) in [5.74, 6) is 0.594. The first-order valence-corrected chi connectivity index (χ1v) is 9.47. The van der Waals surface area contributed by atoms with Crippen LogP contribution in [0.3, 0.4) is 0 Å². The lowest BCUT2D eigenvalue weighted by molar-refractivity contribution is 0.0804. The third kappa shape index (κ3) is 3.57. The molecule has 0 aliphatic carbocycles. The van der Waals surface area contributed by atoms with Crippen LogP contribution in [-0.2, 0) is 0 Å². The van der Waals surface area contributed by atoms with Gasteiger partial charge in [-0.1, -0.05) is 18.2 Å². The number of hydrogen-bond acceptors (Lipinski definition) is 5. The summed E-state index contributed by atoms with van der Waals surface area (Å²) >= 11 is 0. The zero-order valence-corrected chi connectivity index (χ0v) is 16.6. The first-order valence-electron chi connectivity index (χ1n) is 9.47. The first kappa shape index (κ1) is 18.7. The molecule has 0 N–H and O–H groups in total. The van der Waals surface area contributed by atoms with E-state index in [9.17, 15) is 4.79 Å². The Bertz CT molecular complexity index is 1170. The highest BCUT2D eigenvalue weighted by atomic mass is 16.2. The molecule has 3 heterocycles. The molecule has 0 aliphatic heterocycles. The fourth-order valence-electron chi connectivity index (χ4n) is 3.18. The lowest BCUT2D eigenvalue weighted by Crippen LogP contribution is -2.26. The van der Waals surface area contributed by atoms with E-state index in [1.807, 2.05) is 50.2 Å². The number of amides is 1. The molecule has 0 radical (unpaired) electrons. The molecule has 0 bridgehead atoms. The van der Waals surface area contributed by atoms with E-state index >= 15 is 0 Å². The van der Waals surface area contributed by atoms with Gasteiger partial charge in [0.25, 0.3) is 5.91 Å². The second-order valence-corrected chi connectivity index (χ2v) is 6.88. The van der Waals surface area contributed by atoms with Gasteiger partial charge in [0.2, 0.25) is 0 Å². The number of carbonyl (C=O) groups is 1. The number of aromatic nitrogens is 4. The van der Waals surface area contributed by atoms with Crippen molar-refractivity contribution in [3.05, 3.63) is 72.3 Å². The number of pyridine rings is 2. The molecule has 0 saturated carbocycles. The minimum Gasteiger partial charge on any atom is -0.342 e. The van der Waals surface area contributed by atoms with Gasteiger partial charge in [0.05, 0.1) is 16.8 Å². The number of aryl methyl sites for hydroxylation is 1. The van der Waals surface area contributed by atoms with Gasteiger partial charge >= 0.3 is 0 Å². The van der Waals surface area contributed by atoms with Gasteiger partial charge in [-0.3, -0.25) is 9.78 Å². The van der Waals surface area contributed by atoms with Crippen LogP contribution in [-0.4, -0.2) is 44.3 Å².